The molecule has 0 spiro atoms. The molecule has 1 N–H and O–H groups in total. The Morgan fingerprint density at radius 2 is 1.35 bits per heavy atom. The molecule has 252 valence electrons. The third-order valence-electron chi connectivity index (χ3n) is 8.20. The molecular weight excluding hydrogens is 679 g/mol. The Kier molecular flexibility index (Phi) is 10.5. The monoisotopic (exact) mass is 706 g/mol. The lowest BCUT2D eigenvalue weighted by Gasteiger charge is -2.28. The second-order valence-corrected chi connectivity index (χ2v) is 13.7. The van der Waals surface area contributed by atoms with Gasteiger partial charge in [0, 0.05) is 17.3 Å². The Bertz CT molecular complexity index is 1930. The number of hydrogen-bond donors (Lipinski definition) is 1. The molecule has 0 aromatic heterocycles. The van der Waals surface area contributed by atoms with Crippen LogP contribution in [0.1, 0.15) is 58.6 Å². The third-order valence-corrected chi connectivity index (χ3v) is 10.3. The van der Waals surface area contributed by atoms with Gasteiger partial charge >= 0.3 is 5.97 Å². The Labute approximate surface area is 278 Å². The summed E-state index contributed by atoms with van der Waals surface area (Å²) in [4.78, 5) is 24.6. The summed E-state index contributed by atoms with van der Waals surface area (Å²) in [5.41, 5.74) is 1.96. The fourth-order valence-corrected chi connectivity index (χ4v) is 7.31. The van der Waals surface area contributed by atoms with Crippen LogP contribution in [0.25, 0.3) is 0 Å². The van der Waals surface area contributed by atoms with Crippen molar-refractivity contribution in [1.82, 2.24) is 4.31 Å². The van der Waals surface area contributed by atoms with Gasteiger partial charge in [0.25, 0.3) is 0 Å². The minimum Gasteiger partial charge on any atom is -0.478 e. The molecule has 0 heterocycles. The number of benzene rings is 4. The van der Waals surface area contributed by atoms with Crippen LogP contribution in [0.3, 0.4) is 0 Å². The van der Waals surface area contributed by atoms with Gasteiger partial charge in [0.15, 0.2) is 28.2 Å². The molecule has 4 aromatic rings. The minimum absolute atomic E-state index is 0.0902. The molecule has 4 aromatic carbocycles. The fraction of sp³-hybridized carbons (Fsp3) is 0.235. The van der Waals surface area contributed by atoms with Crippen molar-refractivity contribution in [3.8, 4) is 0 Å². The summed E-state index contributed by atoms with van der Waals surface area (Å²) < 4.78 is 99.8. The number of rotatable bonds is 11. The first-order valence-electron chi connectivity index (χ1n) is 14.8. The summed E-state index contributed by atoms with van der Waals surface area (Å²) in [7, 11) is -5.57. The van der Waals surface area contributed by atoms with Gasteiger partial charge in [-0.1, -0.05) is 60.8 Å². The molecule has 1 aliphatic carbocycles. The van der Waals surface area contributed by atoms with E-state index in [0.29, 0.717) is 15.8 Å². The van der Waals surface area contributed by atoms with Crippen LogP contribution >= 0.6 is 11.6 Å². The van der Waals surface area contributed by atoms with Crippen molar-refractivity contribution in [2.75, 3.05) is 11.4 Å². The zero-order valence-electron chi connectivity index (χ0n) is 25.1. The van der Waals surface area contributed by atoms with Crippen molar-refractivity contribution in [2.24, 2.45) is 0 Å². The van der Waals surface area contributed by atoms with Crippen LogP contribution in [0.2, 0.25) is 5.02 Å². The fourth-order valence-electron chi connectivity index (χ4n) is 5.69. The van der Waals surface area contributed by atoms with Crippen molar-refractivity contribution in [3.63, 3.8) is 0 Å². The van der Waals surface area contributed by atoms with Crippen LogP contribution in [0.4, 0.5) is 27.6 Å². The maximum Gasteiger partial charge on any atom is 0.335 e. The van der Waals surface area contributed by atoms with Gasteiger partial charge in [-0.2, -0.15) is 4.31 Å². The highest BCUT2D eigenvalue weighted by Gasteiger charge is 2.38. The minimum atomic E-state index is -5.57. The third kappa shape index (κ3) is 7.38. The van der Waals surface area contributed by atoms with Crippen molar-refractivity contribution < 1.29 is 45.1 Å². The van der Waals surface area contributed by atoms with Gasteiger partial charge in [-0.15, -0.1) is 0 Å². The Morgan fingerprint density at radius 1 is 0.771 bits per heavy atom. The smallest absolute Gasteiger partial charge is 0.335 e. The second kappa shape index (κ2) is 14.4. The number of carbonyl (C=O) groups is 2. The lowest BCUT2D eigenvalue weighted by Crippen LogP contribution is -2.43. The Hall–Kier alpha value is -4.33. The number of anilines is 1. The number of hydrogen-bond acceptors (Lipinski definition) is 4. The predicted molar refractivity (Wildman–Crippen MR) is 168 cm³/mol. The van der Waals surface area contributed by atoms with Gasteiger partial charge in [-0.3, -0.25) is 4.79 Å². The molecule has 5 rings (SSSR count). The highest BCUT2D eigenvalue weighted by atomic mass is 35.5. The molecule has 7 nitrogen and oxygen atoms in total. The average molecular weight is 707 g/mol. The molecule has 0 bridgehead atoms. The summed E-state index contributed by atoms with van der Waals surface area (Å²) in [5.74, 6) is -14.5. The van der Waals surface area contributed by atoms with Crippen LogP contribution in [0.15, 0.2) is 77.7 Å². The molecule has 0 aliphatic heterocycles. The lowest BCUT2D eigenvalue weighted by molar-refractivity contribution is -0.119. The van der Waals surface area contributed by atoms with Gasteiger partial charge in [0.1, 0.15) is 0 Å². The van der Waals surface area contributed by atoms with Gasteiger partial charge in [-0.05, 0) is 71.8 Å². The number of carbonyl (C=O) groups excluding carboxylic acids is 1. The molecule has 48 heavy (non-hydrogen) atoms. The molecule has 1 fully saturated rings. The van der Waals surface area contributed by atoms with E-state index in [1.165, 1.54) is 48.5 Å². The summed E-state index contributed by atoms with van der Waals surface area (Å²) in [5, 5.41) is 9.63. The van der Waals surface area contributed by atoms with E-state index in [-0.39, 0.29) is 28.4 Å². The molecule has 1 amide bonds. The van der Waals surface area contributed by atoms with Crippen LogP contribution in [-0.2, 0) is 27.9 Å². The topological polar surface area (TPSA) is 95.0 Å². The zero-order valence-corrected chi connectivity index (χ0v) is 26.7. The Morgan fingerprint density at radius 3 is 1.94 bits per heavy atom. The quantitative estimate of drug-likeness (QED) is 0.0976. The number of carboxylic acid groups (broad SMARTS) is 1. The number of halogens is 6. The van der Waals surface area contributed by atoms with Crippen LogP contribution in [0, 0.1) is 29.1 Å². The highest BCUT2D eigenvalue weighted by Crippen LogP contribution is 2.35. The van der Waals surface area contributed by atoms with E-state index in [1.54, 1.807) is 6.07 Å². The van der Waals surface area contributed by atoms with Gasteiger partial charge in [0.2, 0.25) is 21.7 Å². The van der Waals surface area contributed by atoms with Crippen molar-refractivity contribution >= 4 is 39.2 Å². The summed E-state index contributed by atoms with van der Waals surface area (Å²) in [6, 6.07) is 18.1. The van der Waals surface area contributed by atoms with E-state index < -0.39 is 69.0 Å². The first kappa shape index (κ1) is 35.0. The van der Waals surface area contributed by atoms with Crippen LogP contribution in [-0.4, -0.2) is 36.3 Å². The van der Waals surface area contributed by atoms with Crippen LogP contribution in [0.5, 0.6) is 0 Å². The largest absolute Gasteiger partial charge is 0.478 e. The molecule has 1 saturated carbocycles. The van der Waals surface area contributed by atoms with E-state index in [0.717, 1.165) is 36.1 Å². The standard InChI is InChI=1S/C34H28ClF5N2O5S/c35-25-12-8-20(9-13-25)17-41(48(46,47)33-31(39)29(37)28(36)30(38)32(33)40)19-27(43)42(26-14-10-23(11-15-26)34(44)45)18-21-4-3-7-24(16-21)22-5-1-2-6-22/h3-4,7-16,22H,1-2,5-6,17-19H2,(H,44,45). The molecule has 0 radical (unpaired) electrons. The first-order valence-corrected chi connectivity index (χ1v) is 16.6. The van der Waals surface area contributed by atoms with E-state index >= 15 is 0 Å². The van der Waals surface area contributed by atoms with E-state index in [4.69, 9.17) is 11.6 Å². The molecule has 0 atom stereocenters. The number of sulfonamides is 1. The maximum atomic E-state index is 14.9. The number of aromatic carboxylic acids is 1. The number of carboxylic acids is 1. The van der Waals surface area contributed by atoms with Crippen molar-refractivity contribution in [2.45, 2.75) is 49.6 Å². The average Bonchev–Trinajstić information content (AvgIpc) is 3.61. The summed E-state index contributed by atoms with van der Waals surface area (Å²) >= 11 is 5.93. The van der Waals surface area contributed by atoms with E-state index in [9.17, 15) is 45.1 Å². The SMILES string of the molecule is O=C(O)c1ccc(N(Cc2cccc(C3CCCC3)c2)C(=O)CN(Cc2ccc(Cl)cc2)S(=O)(=O)c2c(F)c(F)c(F)c(F)c2F)cc1. The first-order chi connectivity index (χ1) is 22.8. The molecular formula is C34H28ClF5N2O5S. The maximum absolute atomic E-state index is 14.9. The highest BCUT2D eigenvalue weighted by molar-refractivity contribution is 7.89. The van der Waals surface area contributed by atoms with Crippen LogP contribution < -0.4 is 4.90 Å². The van der Waals surface area contributed by atoms with Crippen molar-refractivity contribution in [1.29, 1.82) is 0 Å². The number of nitrogens with zero attached hydrogens (tertiary/aromatic N) is 2. The zero-order chi connectivity index (χ0) is 34.7. The summed E-state index contributed by atoms with van der Waals surface area (Å²) in [6.45, 7) is -1.94. The predicted octanol–water partition coefficient (Wildman–Crippen LogP) is 7.82. The normalized spacial score (nSPS) is 13.6. The Balaban J connectivity index is 1.57. The number of amides is 1. The van der Waals surface area contributed by atoms with E-state index in [1.807, 2.05) is 18.2 Å². The van der Waals surface area contributed by atoms with E-state index in [2.05, 4.69) is 0 Å². The molecule has 1 aliphatic rings. The van der Waals surface area contributed by atoms with Gasteiger partial charge < -0.3 is 10.0 Å². The van der Waals surface area contributed by atoms with Gasteiger partial charge in [-0.25, -0.2) is 35.2 Å². The molecule has 0 saturated heterocycles. The van der Waals surface area contributed by atoms with Gasteiger partial charge in [0.05, 0.1) is 18.7 Å². The lowest BCUT2D eigenvalue weighted by atomic mass is 9.96. The van der Waals surface area contributed by atoms with Crippen molar-refractivity contribution in [3.05, 3.63) is 129 Å². The molecule has 14 heteroatoms. The molecule has 0 unspecified atom stereocenters. The summed E-state index contributed by atoms with van der Waals surface area (Å²) in [6.07, 6.45) is 4.16. The second-order valence-electron chi connectivity index (χ2n) is 11.4.